The van der Waals surface area contributed by atoms with Gasteiger partial charge in [-0.1, -0.05) is 0 Å². The average Bonchev–Trinajstić information content (AvgIpc) is 2.11. The summed E-state index contributed by atoms with van der Waals surface area (Å²) in [7, 11) is 1.34. The van der Waals surface area contributed by atoms with Crippen molar-refractivity contribution in [3.05, 3.63) is 0 Å². The SMILES string of the molecule is CSCC[C@@H](N)C(=O)N(C)CC(F)F. The second-order valence-corrected chi connectivity index (χ2v) is 3.98. The minimum Gasteiger partial charge on any atom is -0.339 e. The second kappa shape index (κ2) is 7.00. The first-order valence-electron chi connectivity index (χ1n) is 4.26. The Balaban J connectivity index is 3.91. The van der Waals surface area contributed by atoms with Crippen molar-refractivity contribution in [1.82, 2.24) is 4.90 Å². The molecule has 0 unspecified atom stereocenters. The van der Waals surface area contributed by atoms with Crippen molar-refractivity contribution in [2.75, 3.05) is 25.6 Å². The molecule has 1 amide bonds. The summed E-state index contributed by atoms with van der Waals surface area (Å²) >= 11 is 1.57. The smallest absolute Gasteiger partial charge is 0.255 e. The van der Waals surface area contributed by atoms with Crippen LogP contribution < -0.4 is 5.73 Å². The Labute approximate surface area is 87.0 Å². The topological polar surface area (TPSA) is 46.3 Å². The summed E-state index contributed by atoms with van der Waals surface area (Å²) in [4.78, 5) is 12.3. The van der Waals surface area contributed by atoms with E-state index in [1.165, 1.54) is 7.05 Å². The van der Waals surface area contributed by atoms with Gasteiger partial charge in [-0.05, 0) is 18.4 Å². The highest BCUT2D eigenvalue weighted by molar-refractivity contribution is 7.98. The number of nitrogens with two attached hydrogens (primary N) is 1. The summed E-state index contributed by atoms with van der Waals surface area (Å²) in [5.74, 6) is 0.342. The van der Waals surface area contributed by atoms with Crippen molar-refractivity contribution in [2.24, 2.45) is 5.73 Å². The number of carbonyl (C=O) groups is 1. The predicted molar refractivity (Wildman–Crippen MR) is 54.6 cm³/mol. The molecule has 0 aromatic carbocycles. The van der Waals surface area contributed by atoms with Crippen molar-refractivity contribution in [1.29, 1.82) is 0 Å². The molecule has 0 bridgehead atoms. The maximum absolute atomic E-state index is 11.9. The highest BCUT2D eigenvalue weighted by atomic mass is 32.2. The van der Waals surface area contributed by atoms with Crippen LogP contribution in [0, 0.1) is 0 Å². The molecule has 1 atom stereocenters. The van der Waals surface area contributed by atoms with E-state index in [1.807, 2.05) is 6.26 Å². The lowest BCUT2D eigenvalue weighted by atomic mass is 10.2. The lowest BCUT2D eigenvalue weighted by Gasteiger charge is -2.20. The quantitative estimate of drug-likeness (QED) is 0.728. The van der Waals surface area contributed by atoms with Gasteiger partial charge in [0, 0.05) is 7.05 Å². The van der Waals surface area contributed by atoms with Crippen molar-refractivity contribution in [3.8, 4) is 0 Å². The molecule has 84 valence electrons. The van der Waals surface area contributed by atoms with Crippen LogP contribution in [0.25, 0.3) is 0 Å². The van der Waals surface area contributed by atoms with Crippen molar-refractivity contribution in [2.45, 2.75) is 18.9 Å². The van der Waals surface area contributed by atoms with E-state index in [2.05, 4.69) is 0 Å². The summed E-state index contributed by atoms with van der Waals surface area (Å²) < 4.78 is 23.8. The molecule has 0 aliphatic heterocycles. The molecule has 0 aliphatic rings. The summed E-state index contributed by atoms with van der Waals surface area (Å²) in [5.41, 5.74) is 5.53. The van der Waals surface area contributed by atoms with Gasteiger partial charge in [0.05, 0.1) is 12.6 Å². The predicted octanol–water partition coefficient (Wildman–Crippen LogP) is 0.790. The lowest BCUT2D eigenvalue weighted by Crippen LogP contribution is -2.43. The van der Waals surface area contributed by atoms with Gasteiger partial charge in [0.15, 0.2) is 0 Å². The summed E-state index contributed by atoms with van der Waals surface area (Å²) in [6.07, 6.45) is -0.0788. The molecule has 2 N–H and O–H groups in total. The first-order valence-corrected chi connectivity index (χ1v) is 5.66. The Bertz CT molecular complexity index is 181. The maximum Gasteiger partial charge on any atom is 0.255 e. The van der Waals surface area contributed by atoms with Crippen LogP contribution in [0.4, 0.5) is 8.78 Å². The number of halogens is 2. The van der Waals surface area contributed by atoms with Gasteiger partial charge in [0.1, 0.15) is 0 Å². The molecule has 0 heterocycles. The molecule has 0 aliphatic carbocycles. The zero-order valence-corrected chi connectivity index (χ0v) is 9.19. The number of carbonyl (C=O) groups excluding carboxylic acids is 1. The van der Waals surface area contributed by atoms with Crippen LogP contribution in [0.5, 0.6) is 0 Å². The van der Waals surface area contributed by atoms with Gasteiger partial charge in [-0.3, -0.25) is 4.79 Å². The molecular formula is C8H16F2N2OS. The fraction of sp³-hybridized carbons (Fsp3) is 0.875. The number of amides is 1. The molecule has 6 heteroatoms. The zero-order chi connectivity index (χ0) is 11.1. The Hall–Kier alpha value is -0.360. The monoisotopic (exact) mass is 226 g/mol. The summed E-state index contributed by atoms with van der Waals surface area (Å²) in [5, 5.41) is 0. The second-order valence-electron chi connectivity index (χ2n) is 3.00. The van der Waals surface area contributed by atoms with Gasteiger partial charge in [-0.2, -0.15) is 11.8 Å². The van der Waals surface area contributed by atoms with E-state index in [4.69, 9.17) is 5.73 Å². The number of alkyl halides is 2. The Morgan fingerprint density at radius 2 is 2.14 bits per heavy atom. The largest absolute Gasteiger partial charge is 0.339 e. The van der Waals surface area contributed by atoms with Crippen LogP contribution in [0.3, 0.4) is 0 Å². The van der Waals surface area contributed by atoms with E-state index >= 15 is 0 Å². The Kier molecular flexibility index (Phi) is 6.82. The minimum absolute atomic E-state index is 0.417. The van der Waals surface area contributed by atoms with Gasteiger partial charge < -0.3 is 10.6 Å². The van der Waals surface area contributed by atoms with Crippen LogP contribution in [-0.2, 0) is 4.79 Å². The first kappa shape index (κ1) is 13.6. The van der Waals surface area contributed by atoms with Gasteiger partial charge in [0.2, 0.25) is 5.91 Å². The first-order chi connectivity index (χ1) is 6.49. The number of thioether (sulfide) groups is 1. The molecule has 0 aromatic heterocycles. The number of likely N-dealkylation sites (N-methyl/N-ethyl adjacent to an activating group) is 1. The molecule has 0 saturated carbocycles. The number of rotatable bonds is 6. The number of hydrogen-bond donors (Lipinski definition) is 1. The molecule has 0 spiro atoms. The molecular weight excluding hydrogens is 210 g/mol. The fourth-order valence-electron chi connectivity index (χ4n) is 0.948. The highest BCUT2D eigenvalue weighted by Crippen LogP contribution is 2.03. The van der Waals surface area contributed by atoms with Gasteiger partial charge in [-0.25, -0.2) is 8.78 Å². The van der Waals surface area contributed by atoms with E-state index in [0.717, 1.165) is 10.7 Å². The van der Waals surface area contributed by atoms with Crippen LogP contribution >= 0.6 is 11.8 Å². The third-order valence-corrected chi connectivity index (χ3v) is 2.38. The molecule has 14 heavy (non-hydrogen) atoms. The van der Waals surface area contributed by atoms with E-state index < -0.39 is 24.9 Å². The van der Waals surface area contributed by atoms with E-state index in [9.17, 15) is 13.6 Å². The zero-order valence-electron chi connectivity index (χ0n) is 8.37. The molecule has 3 nitrogen and oxygen atoms in total. The standard InChI is InChI=1S/C8H16F2N2OS/c1-12(5-7(9)10)8(13)6(11)3-4-14-2/h6-7H,3-5,11H2,1-2H3/t6-/m1/s1. The minimum atomic E-state index is -2.50. The Morgan fingerprint density at radius 1 is 1.57 bits per heavy atom. The molecule has 0 saturated heterocycles. The van der Waals surface area contributed by atoms with Crippen molar-refractivity contribution in [3.63, 3.8) is 0 Å². The third kappa shape index (κ3) is 5.39. The lowest BCUT2D eigenvalue weighted by molar-refractivity contribution is -0.133. The maximum atomic E-state index is 11.9. The number of nitrogens with zero attached hydrogens (tertiary/aromatic N) is 1. The molecule has 0 fully saturated rings. The van der Waals surface area contributed by atoms with Crippen LogP contribution in [0.15, 0.2) is 0 Å². The summed E-state index contributed by atoms with van der Waals surface area (Å²) in [6.45, 7) is -0.550. The van der Waals surface area contributed by atoms with Crippen LogP contribution in [0.1, 0.15) is 6.42 Å². The van der Waals surface area contributed by atoms with Crippen molar-refractivity contribution < 1.29 is 13.6 Å². The molecule has 0 rings (SSSR count). The highest BCUT2D eigenvalue weighted by Gasteiger charge is 2.19. The third-order valence-electron chi connectivity index (χ3n) is 1.74. The normalized spacial score (nSPS) is 13.0. The van der Waals surface area contributed by atoms with E-state index in [1.54, 1.807) is 11.8 Å². The average molecular weight is 226 g/mol. The summed E-state index contributed by atoms with van der Waals surface area (Å²) in [6, 6.07) is -0.661. The Morgan fingerprint density at radius 3 is 2.57 bits per heavy atom. The van der Waals surface area contributed by atoms with Gasteiger partial charge in [-0.15, -0.1) is 0 Å². The van der Waals surface area contributed by atoms with E-state index in [0.29, 0.717) is 6.42 Å². The molecule has 0 radical (unpaired) electrons. The van der Waals surface area contributed by atoms with Crippen LogP contribution in [0.2, 0.25) is 0 Å². The number of hydrogen-bond acceptors (Lipinski definition) is 3. The van der Waals surface area contributed by atoms with Gasteiger partial charge >= 0.3 is 0 Å². The van der Waals surface area contributed by atoms with Crippen molar-refractivity contribution >= 4 is 17.7 Å². The molecule has 0 aromatic rings. The van der Waals surface area contributed by atoms with Gasteiger partial charge in [0.25, 0.3) is 6.43 Å². The fourth-order valence-corrected chi connectivity index (χ4v) is 1.44. The van der Waals surface area contributed by atoms with E-state index in [-0.39, 0.29) is 0 Å². The van der Waals surface area contributed by atoms with Crippen LogP contribution in [-0.4, -0.2) is 48.9 Å².